The highest BCUT2D eigenvalue weighted by Gasteiger charge is 2.63. The van der Waals surface area contributed by atoms with Crippen molar-refractivity contribution < 1.29 is 14.3 Å². The van der Waals surface area contributed by atoms with Crippen LogP contribution >= 0.6 is 0 Å². The first-order valence-corrected chi connectivity index (χ1v) is 12.8. The monoisotopic (exact) mass is 415 g/mol. The minimum absolute atomic E-state index is 0.0414. The van der Waals surface area contributed by atoms with Crippen LogP contribution in [0.25, 0.3) is 0 Å². The van der Waals surface area contributed by atoms with E-state index in [9.17, 15) is 9.59 Å². The standard InChI is InChI=1S/C26H41NO3/c1-17(28)30-23-9-5-7-15-27(23)22-16-21-19-11-10-18-8-4-6-13-25(18,2)20(19)12-14-26(21,3)24(22)29/h18-23H,4-16H2,1-3H3/t18?,19-,20-,21+,22?,23?,25+,26+/m1/s1. The zero-order valence-electron chi connectivity index (χ0n) is 19.3. The Labute approximate surface area is 182 Å². The lowest BCUT2D eigenvalue weighted by molar-refractivity contribution is -0.165. The maximum atomic E-state index is 13.8. The van der Waals surface area contributed by atoms with E-state index in [2.05, 4.69) is 18.7 Å². The van der Waals surface area contributed by atoms with E-state index < -0.39 is 0 Å². The third kappa shape index (κ3) is 3.11. The summed E-state index contributed by atoms with van der Waals surface area (Å²) in [6.45, 7) is 7.28. The fourth-order valence-electron chi connectivity index (χ4n) is 8.97. The molecule has 4 aliphatic carbocycles. The highest BCUT2D eigenvalue weighted by Crippen LogP contribution is 2.65. The number of likely N-dealkylation sites (tertiary alicyclic amines) is 1. The van der Waals surface area contributed by atoms with Crippen LogP contribution in [0.4, 0.5) is 0 Å². The molecule has 30 heavy (non-hydrogen) atoms. The second-order valence-electron chi connectivity index (χ2n) is 11.8. The van der Waals surface area contributed by atoms with Gasteiger partial charge in [0.25, 0.3) is 0 Å². The Kier molecular flexibility index (Phi) is 5.31. The van der Waals surface area contributed by atoms with Gasteiger partial charge in [0.2, 0.25) is 0 Å². The van der Waals surface area contributed by atoms with Gasteiger partial charge < -0.3 is 4.74 Å². The largest absolute Gasteiger partial charge is 0.447 e. The molecule has 0 N–H and O–H groups in total. The lowest BCUT2D eigenvalue weighted by atomic mass is 9.45. The summed E-state index contributed by atoms with van der Waals surface area (Å²) in [6, 6.07) is -0.0414. The molecule has 168 valence electrons. The minimum Gasteiger partial charge on any atom is -0.447 e. The van der Waals surface area contributed by atoms with E-state index in [1.54, 1.807) is 0 Å². The van der Waals surface area contributed by atoms with Crippen molar-refractivity contribution >= 4 is 11.8 Å². The maximum absolute atomic E-state index is 13.8. The molecule has 5 rings (SSSR count). The summed E-state index contributed by atoms with van der Waals surface area (Å²) in [5, 5.41) is 0. The Morgan fingerprint density at radius 1 is 0.967 bits per heavy atom. The smallest absolute Gasteiger partial charge is 0.304 e. The van der Waals surface area contributed by atoms with Crippen LogP contribution in [-0.2, 0) is 14.3 Å². The van der Waals surface area contributed by atoms with E-state index >= 15 is 0 Å². The predicted molar refractivity (Wildman–Crippen MR) is 117 cm³/mol. The van der Waals surface area contributed by atoms with Crippen LogP contribution in [0.3, 0.4) is 0 Å². The van der Waals surface area contributed by atoms with Gasteiger partial charge in [-0.25, -0.2) is 0 Å². The topological polar surface area (TPSA) is 46.6 Å². The average molecular weight is 416 g/mol. The Morgan fingerprint density at radius 3 is 2.57 bits per heavy atom. The van der Waals surface area contributed by atoms with Gasteiger partial charge in [0.15, 0.2) is 12.0 Å². The van der Waals surface area contributed by atoms with Gasteiger partial charge in [0, 0.05) is 18.9 Å². The number of ketones is 1. The van der Waals surface area contributed by atoms with Crippen molar-refractivity contribution in [1.82, 2.24) is 4.90 Å². The zero-order valence-corrected chi connectivity index (χ0v) is 19.3. The Bertz CT molecular complexity index is 706. The van der Waals surface area contributed by atoms with E-state index in [1.165, 1.54) is 51.9 Å². The molecular weight excluding hydrogens is 374 g/mol. The number of piperidine rings is 1. The molecule has 0 aromatic heterocycles. The first-order valence-electron chi connectivity index (χ1n) is 12.8. The third-order valence-corrected chi connectivity index (χ3v) is 10.5. The second kappa shape index (κ2) is 7.60. The van der Waals surface area contributed by atoms with Gasteiger partial charge in [0.05, 0.1) is 6.04 Å². The fourth-order valence-corrected chi connectivity index (χ4v) is 8.97. The lowest BCUT2D eigenvalue weighted by Gasteiger charge is -2.59. The van der Waals surface area contributed by atoms with E-state index in [0.29, 0.717) is 23.0 Å². The molecule has 4 saturated carbocycles. The molecule has 5 aliphatic rings. The number of esters is 1. The van der Waals surface area contributed by atoms with E-state index in [1.807, 2.05) is 0 Å². The molecular formula is C26H41NO3. The molecule has 0 amide bonds. The number of hydrogen-bond donors (Lipinski definition) is 0. The van der Waals surface area contributed by atoms with Crippen LogP contribution in [0.1, 0.15) is 97.8 Å². The highest BCUT2D eigenvalue weighted by atomic mass is 16.6. The number of carbonyl (C=O) groups is 2. The highest BCUT2D eigenvalue weighted by molar-refractivity contribution is 5.92. The van der Waals surface area contributed by atoms with Gasteiger partial charge in [-0.3, -0.25) is 14.5 Å². The molecule has 1 heterocycles. The van der Waals surface area contributed by atoms with Crippen LogP contribution in [0, 0.1) is 34.5 Å². The normalized spacial score (nSPS) is 49.1. The number of hydrogen-bond acceptors (Lipinski definition) is 4. The Morgan fingerprint density at radius 2 is 1.77 bits per heavy atom. The van der Waals surface area contributed by atoms with Gasteiger partial charge in [0.1, 0.15) is 0 Å². The summed E-state index contributed by atoms with van der Waals surface area (Å²) >= 11 is 0. The number of carbonyl (C=O) groups excluding carboxylic acids is 2. The molecule has 0 aromatic carbocycles. The molecule has 0 bridgehead atoms. The molecule has 3 unspecified atom stereocenters. The number of nitrogens with zero attached hydrogens (tertiary/aromatic N) is 1. The molecule has 0 aromatic rings. The van der Waals surface area contributed by atoms with E-state index in [4.69, 9.17) is 4.74 Å². The lowest BCUT2D eigenvalue weighted by Crippen LogP contribution is -2.53. The van der Waals surface area contributed by atoms with Gasteiger partial charge in [-0.05, 0) is 93.3 Å². The van der Waals surface area contributed by atoms with Gasteiger partial charge in [-0.2, -0.15) is 0 Å². The second-order valence-corrected chi connectivity index (χ2v) is 11.8. The van der Waals surface area contributed by atoms with Crippen molar-refractivity contribution in [3.63, 3.8) is 0 Å². The van der Waals surface area contributed by atoms with Crippen molar-refractivity contribution in [2.24, 2.45) is 34.5 Å². The molecule has 5 fully saturated rings. The number of fused-ring (bicyclic) bond motifs is 5. The van der Waals surface area contributed by atoms with Crippen molar-refractivity contribution in [3.05, 3.63) is 0 Å². The molecule has 0 radical (unpaired) electrons. The van der Waals surface area contributed by atoms with Crippen LogP contribution in [0.2, 0.25) is 0 Å². The molecule has 4 nitrogen and oxygen atoms in total. The zero-order chi connectivity index (χ0) is 21.1. The first kappa shape index (κ1) is 21.0. The third-order valence-electron chi connectivity index (χ3n) is 10.5. The molecule has 1 saturated heterocycles. The Balaban J connectivity index is 1.40. The quantitative estimate of drug-likeness (QED) is 0.571. The molecule has 1 aliphatic heterocycles. The van der Waals surface area contributed by atoms with E-state index in [-0.39, 0.29) is 23.7 Å². The van der Waals surface area contributed by atoms with Crippen molar-refractivity contribution in [2.45, 2.75) is 110 Å². The summed E-state index contributed by atoms with van der Waals surface area (Å²) in [6.07, 6.45) is 14.5. The average Bonchev–Trinajstić information content (AvgIpc) is 2.99. The predicted octanol–water partition coefficient (Wildman–Crippen LogP) is 5.34. The molecule has 8 atom stereocenters. The molecule has 4 heteroatoms. The summed E-state index contributed by atoms with van der Waals surface area (Å²) < 4.78 is 5.68. The summed E-state index contributed by atoms with van der Waals surface area (Å²) in [4.78, 5) is 27.8. The summed E-state index contributed by atoms with van der Waals surface area (Å²) in [7, 11) is 0. The van der Waals surface area contributed by atoms with E-state index in [0.717, 1.165) is 50.5 Å². The summed E-state index contributed by atoms with van der Waals surface area (Å²) in [5.41, 5.74) is 0.344. The van der Waals surface area contributed by atoms with Crippen LogP contribution < -0.4 is 0 Å². The van der Waals surface area contributed by atoms with Crippen LogP contribution in [-0.4, -0.2) is 35.5 Å². The van der Waals surface area contributed by atoms with Gasteiger partial charge >= 0.3 is 5.97 Å². The number of Topliss-reactive ketones (excluding diaryl/α,β-unsaturated/α-hetero) is 1. The fraction of sp³-hybridized carbons (Fsp3) is 0.923. The van der Waals surface area contributed by atoms with Crippen LogP contribution in [0.5, 0.6) is 0 Å². The van der Waals surface area contributed by atoms with Gasteiger partial charge in [-0.15, -0.1) is 0 Å². The maximum Gasteiger partial charge on any atom is 0.304 e. The van der Waals surface area contributed by atoms with Crippen molar-refractivity contribution in [3.8, 4) is 0 Å². The van der Waals surface area contributed by atoms with Crippen LogP contribution in [0.15, 0.2) is 0 Å². The van der Waals surface area contributed by atoms with Crippen molar-refractivity contribution in [1.29, 1.82) is 0 Å². The SMILES string of the molecule is CC(=O)OC1CCCCN1C1C[C@H]2[C@@H]3CCC4CCCC[C@]4(C)[C@@H]3CC[C@]2(C)C1=O. The Hall–Kier alpha value is -0.900. The number of ether oxygens (including phenoxy) is 1. The molecule has 0 spiro atoms. The first-order chi connectivity index (χ1) is 14.3. The minimum atomic E-state index is -0.218. The van der Waals surface area contributed by atoms with Crippen molar-refractivity contribution in [2.75, 3.05) is 6.54 Å². The van der Waals surface area contributed by atoms with Gasteiger partial charge in [-0.1, -0.05) is 26.7 Å². The summed E-state index contributed by atoms with van der Waals surface area (Å²) in [5.74, 6) is 3.21. The number of rotatable bonds is 2.